The first-order valence-corrected chi connectivity index (χ1v) is 13.4. The lowest BCUT2D eigenvalue weighted by Gasteiger charge is -2.59. The van der Waals surface area contributed by atoms with Gasteiger partial charge in [0.15, 0.2) is 0 Å². The number of halogens is 1. The van der Waals surface area contributed by atoms with Gasteiger partial charge in [0.05, 0.1) is 4.90 Å². The van der Waals surface area contributed by atoms with Crippen LogP contribution in [0.1, 0.15) is 61.5 Å². The van der Waals surface area contributed by atoms with E-state index in [0.717, 1.165) is 43.5 Å². The maximum absolute atomic E-state index is 13.7. The highest BCUT2D eigenvalue weighted by atomic mass is 35.5. The molecule has 0 radical (unpaired) electrons. The molecule has 4 bridgehead atoms. The number of benzene rings is 2. The maximum atomic E-state index is 13.7. The highest BCUT2D eigenvalue weighted by Gasteiger charge is 2.53. The van der Waals surface area contributed by atoms with Crippen molar-refractivity contribution in [2.45, 2.75) is 68.2 Å². The Kier molecular flexibility index (Phi) is 5.30. The predicted molar refractivity (Wildman–Crippen MR) is 136 cm³/mol. The van der Waals surface area contributed by atoms with Crippen molar-refractivity contribution in [2.75, 3.05) is 0 Å². The molecule has 4 saturated carbocycles. The molecule has 7 rings (SSSR count). The summed E-state index contributed by atoms with van der Waals surface area (Å²) in [5.41, 5.74) is 3.16. The lowest BCUT2D eigenvalue weighted by molar-refractivity contribution is -0.0688. The fourth-order valence-corrected chi connectivity index (χ4v) is 8.47. The van der Waals surface area contributed by atoms with Gasteiger partial charge in [-0.05, 0) is 111 Å². The standard InChI is InChI=1S/C28H31ClN2OS/c1-16-3-8-23-24(9-16)31-25(26(23)33-22-6-4-21(29)5-7-22)27(32)30-17(2)28-13-18-10-19(14-28)12-20(11-18)15-28/h3-9,17-20,31H,10-15H2,1-2H3,(H,30,32). The molecule has 1 aromatic heterocycles. The van der Waals surface area contributed by atoms with Crippen LogP contribution in [-0.4, -0.2) is 16.9 Å². The molecule has 1 atom stereocenters. The minimum atomic E-state index is 0.0172. The van der Waals surface area contributed by atoms with Crippen molar-refractivity contribution in [1.29, 1.82) is 0 Å². The molecule has 0 saturated heterocycles. The molecule has 4 fully saturated rings. The lowest BCUT2D eigenvalue weighted by Crippen LogP contribution is -2.55. The molecule has 1 amide bonds. The second-order valence-corrected chi connectivity index (χ2v) is 12.4. The quantitative estimate of drug-likeness (QED) is 0.396. The van der Waals surface area contributed by atoms with Gasteiger partial charge in [-0.2, -0.15) is 0 Å². The van der Waals surface area contributed by atoms with E-state index in [-0.39, 0.29) is 17.4 Å². The molecule has 3 nitrogen and oxygen atoms in total. The van der Waals surface area contributed by atoms with Gasteiger partial charge in [-0.1, -0.05) is 35.5 Å². The Hall–Kier alpha value is -1.91. The maximum Gasteiger partial charge on any atom is 0.269 e. The Balaban J connectivity index is 1.31. The molecule has 33 heavy (non-hydrogen) atoms. The zero-order valence-electron chi connectivity index (χ0n) is 19.3. The van der Waals surface area contributed by atoms with Gasteiger partial charge in [0.2, 0.25) is 0 Å². The number of hydrogen-bond donors (Lipinski definition) is 2. The summed E-state index contributed by atoms with van der Waals surface area (Å²) in [6.07, 6.45) is 8.13. The van der Waals surface area contributed by atoms with Crippen molar-refractivity contribution in [1.82, 2.24) is 10.3 Å². The fourth-order valence-electron chi connectivity index (χ4n) is 7.30. The van der Waals surface area contributed by atoms with Crippen LogP contribution in [0.5, 0.6) is 0 Å². The van der Waals surface area contributed by atoms with Crippen molar-refractivity contribution in [3.05, 3.63) is 58.7 Å². The number of aromatic amines is 1. The number of nitrogens with one attached hydrogen (secondary N) is 2. The highest BCUT2D eigenvalue weighted by molar-refractivity contribution is 7.99. The third-order valence-corrected chi connectivity index (χ3v) is 9.91. The molecule has 1 unspecified atom stereocenters. The molecule has 1 heterocycles. The van der Waals surface area contributed by atoms with Crippen molar-refractivity contribution in [2.24, 2.45) is 23.2 Å². The number of carbonyl (C=O) groups is 1. The topological polar surface area (TPSA) is 44.9 Å². The summed E-state index contributed by atoms with van der Waals surface area (Å²) >= 11 is 7.72. The summed E-state index contributed by atoms with van der Waals surface area (Å²) in [6, 6.07) is 14.4. The predicted octanol–water partition coefficient (Wildman–Crippen LogP) is 7.62. The number of amides is 1. The minimum absolute atomic E-state index is 0.0172. The molecular formula is C28H31ClN2OS. The third kappa shape index (κ3) is 3.89. The summed E-state index contributed by atoms with van der Waals surface area (Å²) in [4.78, 5) is 19.2. The first-order valence-electron chi connectivity index (χ1n) is 12.3. The average molecular weight is 479 g/mol. The van der Waals surface area contributed by atoms with Gasteiger partial charge in [0.25, 0.3) is 5.91 Å². The van der Waals surface area contributed by atoms with E-state index in [1.165, 1.54) is 44.1 Å². The van der Waals surface area contributed by atoms with E-state index in [0.29, 0.717) is 5.69 Å². The Morgan fingerprint density at radius 3 is 2.33 bits per heavy atom. The van der Waals surface area contributed by atoms with E-state index in [9.17, 15) is 4.79 Å². The molecule has 172 valence electrons. The summed E-state index contributed by atoms with van der Waals surface area (Å²) in [6.45, 7) is 4.34. The van der Waals surface area contributed by atoms with E-state index < -0.39 is 0 Å². The van der Waals surface area contributed by atoms with E-state index in [1.54, 1.807) is 11.8 Å². The van der Waals surface area contributed by atoms with Crippen LogP contribution >= 0.6 is 23.4 Å². The summed E-state index contributed by atoms with van der Waals surface area (Å²) < 4.78 is 0. The van der Waals surface area contributed by atoms with E-state index in [1.807, 2.05) is 24.3 Å². The third-order valence-electron chi connectivity index (χ3n) is 8.52. The SMILES string of the molecule is Cc1ccc2c(Sc3ccc(Cl)cc3)c(C(=O)NC(C)C34CC5CC(CC(C5)C3)C4)[nH]c2c1. The molecule has 0 aliphatic heterocycles. The fraction of sp³-hybridized carbons (Fsp3) is 0.464. The Bertz CT molecular complexity index is 1180. The number of rotatable bonds is 5. The second-order valence-electron chi connectivity index (χ2n) is 10.9. The minimum Gasteiger partial charge on any atom is -0.350 e. The van der Waals surface area contributed by atoms with Crippen molar-refractivity contribution in [3.8, 4) is 0 Å². The number of H-pyrrole nitrogens is 1. The van der Waals surface area contributed by atoms with Crippen LogP contribution in [0.2, 0.25) is 5.02 Å². The monoisotopic (exact) mass is 478 g/mol. The van der Waals surface area contributed by atoms with Crippen LogP contribution < -0.4 is 5.32 Å². The largest absolute Gasteiger partial charge is 0.350 e. The molecule has 5 heteroatoms. The van der Waals surface area contributed by atoms with Crippen molar-refractivity contribution < 1.29 is 4.79 Å². The molecule has 4 aliphatic rings. The molecule has 2 N–H and O–H groups in total. The van der Waals surface area contributed by atoms with Crippen LogP contribution in [0.15, 0.2) is 52.3 Å². The average Bonchev–Trinajstić information content (AvgIpc) is 3.11. The van der Waals surface area contributed by atoms with Crippen LogP contribution in [0.4, 0.5) is 0 Å². The van der Waals surface area contributed by atoms with E-state index >= 15 is 0 Å². The van der Waals surface area contributed by atoms with Crippen LogP contribution in [0.25, 0.3) is 10.9 Å². The molecular weight excluding hydrogens is 448 g/mol. The van der Waals surface area contributed by atoms with Gasteiger partial charge in [-0.3, -0.25) is 4.79 Å². The molecule has 2 aromatic carbocycles. The van der Waals surface area contributed by atoms with Crippen LogP contribution in [0.3, 0.4) is 0 Å². The van der Waals surface area contributed by atoms with Gasteiger partial charge in [-0.15, -0.1) is 0 Å². The van der Waals surface area contributed by atoms with Crippen molar-refractivity contribution >= 4 is 40.2 Å². The van der Waals surface area contributed by atoms with Crippen molar-refractivity contribution in [3.63, 3.8) is 0 Å². The highest BCUT2D eigenvalue weighted by Crippen LogP contribution is 2.61. The smallest absolute Gasteiger partial charge is 0.269 e. The van der Waals surface area contributed by atoms with Gasteiger partial charge < -0.3 is 10.3 Å². The second kappa shape index (κ2) is 8.09. The lowest BCUT2D eigenvalue weighted by atomic mass is 9.48. The Labute approximate surface area is 205 Å². The Morgan fingerprint density at radius 1 is 1.06 bits per heavy atom. The summed E-state index contributed by atoms with van der Waals surface area (Å²) in [5.74, 6) is 2.65. The van der Waals surface area contributed by atoms with Gasteiger partial charge in [0, 0.05) is 26.9 Å². The van der Waals surface area contributed by atoms with Crippen LogP contribution in [-0.2, 0) is 0 Å². The summed E-state index contributed by atoms with van der Waals surface area (Å²) in [5, 5.41) is 5.27. The normalized spacial score (nSPS) is 28.9. The first kappa shape index (κ1) is 21.6. The number of aromatic nitrogens is 1. The van der Waals surface area contributed by atoms with E-state index in [4.69, 9.17) is 11.6 Å². The summed E-state index contributed by atoms with van der Waals surface area (Å²) in [7, 11) is 0. The zero-order valence-corrected chi connectivity index (χ0v) is 20.9. The van der Waals surface area contributed by atoms with Gasteiger partial charge in [0.1, 0.15) is 5.69 Å². The number of fused-ring (bicyclic) bond motifs is 1. The first-order chi connectivity index (χ1) is 15.9. The van der Waals surface area contributed by atoms with Gasteiger partial charge >= 0.3 is 0 Å². The molecule has 0 spiro atoms. The van der Waals surface area contributed by atoms with Crippen LogP contribution in [0, 0.1) is 30.1 Å². The van der Waals surface area contributed by atoms with E-state index in [2.05, 4.69) is 42.3 Å². The number of aryl methyl sites for hydroxylation is 1. The number of hydrogen-bond acceptors (Lipinski definition) is 2. The number of carbonyl (C=O) groups excluding carboxylic acids is 1. The zero-order chi connectivity index (χ0) is 22.7. The van der Waals surface area contributed by atoms with Gasteiger partial charge in [-0.25, -0.2) is 0 Å². The Morgan fingerprint density at radius 2 is 1.70 bits per heavy atom. The molecule has 3 aromatic rings. The molecule has 4 aliphatic carbocycles.